The van der Waals surface area contributed by atoms with E-state index in [-0.39, 0.29) is 11.6 Å². The molecule has 0 aromatic heterocycles. The zero-order valence-corrected chi connectivity index (χ0v) is 16.1. The molecule has 0 amide bonds. The summed E-state index contributed by atoms with van der Waals surface area (Å²) in [6, 6.07) is 11.4. The van der Waals surface area contributed by atoms with Gasteiger partial charge in [0.25, 0.3) is 0 Å². The van der Waals surface area contributed by atoms with E-state index in [0.717, 1.165) is 19.6 Å². The normalized spacial score (nSPS) is 16.7. The maximum atomic E-state index is 14.1. The highest BCUT2D eigenvalue weighted by atomic mass is 35.5. The Morgan fingerprint density at radius 2 is 1.93 bits per heavy atom. The zero-order valence-electron chi connectivity index (χ0n) is 15.4. The Bertz CT molecular complexity index is 827. The molecule has 0 atom stereocenters. The molecule has 5 heteroatoms. The summed E-state index contributed by atoms with van der Waals surface area (Å²) in [4.78, 5) is 15.0. The third-order valence-corrected chi connectivity index (χ3v) is 5.52. The van der Waals surface area contributed by atoms with Crippen molar-refractivity contribution in [2.24, 2.45) is 0 Å². The lowest BCUT2D eigenvalue weighted by Gasteiger charge is -2.40. The van der Waals surface area contributed by atoms with Gasteiger partial charge in [-0.2, -0.15) is 0 Å². The highest BCUT2D eigenvalue weighted by Crippen LogP contribution is 2.42. The smallest absolute Gasteiger partial charge is 0.140 e. The lowest BCUT2D eigenvalue weighted by atomic mass is 9.69. The Hall–Kier alpha value is -2.17. The van der Waals surface area contributed by atoms with Crippen LogP contribution in [0.2, 0.25) is 5.02 Å². The van der Waals surface area contributed by atoms with Crippen LogP contribution in [0.1, 0.15) is 25.3 Å². The molecule has 0 bridgehead atoms. The van der Waals surface area contributed by atoms with Gasteiger partial charge in [0, 0.05) is 17.1 Å². The molecule has 0 radical (unpaired) electrons. The summed E-state index contributed by atoms with van der Waals surface area (Å²) in [6.07, 6.45) is 3.10. The van der Waals surface area contributed by atoms with Crippen molar-refractivity contribution in [3.05, 3.63) is 71.5 Å². The van der Waals surface area contributed by atoms with Crippen molar-refractivity contribution >= 4 is 17.4 Å². The van der Waals surface area contributed by atoms with E-state index < -0.39 is 5.41 Å². The minimum absolute atomic E-state index is 0.0345. The molecule has 2 aromatic rings. The fourth-order valence-electron chi connectivity index (χ4n) is 3.71. The Morgan fingerprint density at radius 1 is 1.26 bits per heavy atom. The lowest BCUT2D eigenvalue weighted by Crippen LogP contribution is -2.46. The average Bonchev–Trinajstić information content (AvgIpc) is 2.66. The number of ether oxygens (including phenoxy) is 1. The van der Waals surface area contributed by atoms with Gasteiger partial charge in [-0.05, 0) is 75.3 Å². The molecule has 1 aliphatic rings. The molecule has 27 heavy (non-hydrogen) atoms. The van der Waals surface area contributed by atoms with Gasteiger partial charge in [-0.15, -0.1) is 6.58 Å². The molecule has 0 N–H and O–H groups in total. The fourth-order valence-corrected chi connectivity index (χ4v) is 3.83. The molecule has 1 heterocycles. The van der Waals surface area contributed by atoms with Crippen molar-refractivity contribution in [1.29, 1.82) is 0 Å². The van der Waals surface area contributed by atoms with Gasteiger partial charge in [0.15, 0.2) is 0 Å². The number of benzene rings is 2. The van der Waals surface area contributed by atoms with Gasteiger partial charge in [-0.25, -0.2) is 4.39 Å². The van der Waals surface area contributed by atoms with E-state index in [2.05, 4.69) is 11.5 Å². The largest absolute Gasteiger partial charge is 0.457 e. The second kappa shape index (κ2) is 8.24. The van der Waals surface area contributed by atoms with E-state index in [1.54, 1.807) is 37.3 Å². The summed E-state index contributed by atoms with van der Waals surface area (Å²) in [5.41, 5.74) is -0.134. The van der Waals surface area contributed by atoms with Crippen molar-refractivity contribution in [3.63, 3.8) is 0 Å². The van der Waals surface area contributed by atoms with Crippen LogP contribution in [0.5, 0.6) is 11.5 Å². The van der Waals surface area contributed by atoms with E-state index in [9.17, 15) is 9.18 Å². The first-order valence-electron chi connectivity index (χ1n) is 9.02. The van der Waals surface area contributed by atoms with Gasteiger partial charge in [-0.3, -0.25) is 9.69 Å². The van der Waals surface area contributed by atoms with Crippen LogP contribution in [0.4, 0.5) is 4.39 Å². The summed E-state index contributed by atoms with van der Waals surface area (Å²) in [6.45, 7) is 7.65. The summed E-state index contributed by atoms with van der Waals surface area (Å²) < 4.78 is 20.1. The highest BCUT2D eigenvalue weighted by Gasteiger charge is 2.42. The Labute approximate surface area is 164 Å². The topological polar surface area (TPSA) is 29.5 Å². The quantitative estimate of drug-likeness (QED) is 0.623. The molecular formula is C22H23ClFNO2. The van der Waals surface area contributed by atoms with E-state index in [1.807, 2.05) is 6.08 Å². The molecule has 0 aliphatic carbocycles. The first kappa shape index (κ1) is 19.6. The molecule has 1 fully saturated rings. The first-order chi connectivity index (χ1) is 12.9. The third kappa shape index (κ3) is 4.23. The van der Waals surface area contributed by atoms with Crippen LogP contribution in [0.15, 0.2) is 55.1 Å². The molecule has 3 nitrogen and oxygen atoms in total. The number of nitrogens with zero attached hydrogens (tertiary/aromatic N) is 1. The maximum Gasteiger partial charge on any atom is 0.140 e. The molecule has 0 saturated carbocycles. The number of hydrogen-bond acceptors (Lipinski definition) is 3. The number of hydrogen-bond donors (Lipinski definition) is 0. The second-order valence-electron chi connectivity index (χ2n) is 6.92. The van der Waals surface area contributed by atoms with Gasteiger partial charge in [-0.1, -0.05) is 17.7 Å². The number of rotatable bonds is 6. The van der Waals surface area contributed by atoms with Crippen molar-refractivity contribution in [1.82, 2.24) is 4.90 Å². The standard InChI is InChI=1S/C22H23ClFNO2/c1-3-12-25-13-10-22(11-14-25,16(2)26)20-15-18(24)6-9-21(20)27-19-7-4-17(23)5-8-19/h3-9,15H,1,10-14H2,2H3. The predicted molar refractivity (Wildman–Crippen MR) is 106 cm³/mol. The lowest BCUT2D eigenvalue weighted by molar-refractivity contribution is -0.124. The van der Waals surface area contributed by atoms with Crippen LogP contribution in [0.25, 0.3) is 0 Å². The third-order valence-electron chi connectivity index (χ3n) is 5.27. The SMILES string of the molecule is C=CCN1CCC(C(C)=O)(c2cc(F)ccc2Oc2ccc(Cl)cc2)CC1. The minimum Gasteiger partial charge on any atom is -0.457 e. The van der Waals surface area contributed by atoms with Gasteiger partial charge >= 0.3 is 0 Å². The van der Waals surface area contributed by atoms with E-state index in [0.29, 0.717) is 34.9 Å². The monoisotopic (exact) mass is 387 g/mol. The molecule has 1 aliphatic heterocycles. The van der Waals surface area contributed by atoms with Crippen LogP contribution < -0.4 is 4.74 Å². The second-order valence-corrected chi connectivity index (χ2v) is 7.36. The van der Waals surface area contributed by atoms with Crippen LogP contribution in [0, 0.1) is 5.82 Å². The molecule has 0 unspecified atom stereocenters. The van der Waals surface area contributed by atoms with Crippen LogP contribution in [0.3, 0.4) is 0 Å². The van der Waals surface area contributed by atoms with E-state index in [1.165, 1.54) is 12.1 Å². The molecule has 0 spiro atoms. The van der Waals surface area contributed by atoms with Gasteiger partial charge in [0.1, 0.15) is 23.1 Å². The number of carbonyl (C=O) groups excluding carboxylic acids is 1. The van der Waals surface area contributed by atoms with Crippen molar-refractivity contribution in [2.75, 3.05) is 19.6 Å². The van der Waals surface area contributed by atoms with Gasteiger partial charge in [0.05, 0.1) is 5.41 Å². The Balaban J connectivity index is 1.97. The highest BCUT2D eigenvalue weighted by molar-refractivity contribution is 6.30. The number of ketones is 1. The summed E-state index contributed by atoms with van der Waals surface area (Å²) in [7, 11) is 0. The zero-order chi connectivity index (χ0) is 19.4. The first-order valence-corrected chi connectivity index (χ1v) is 9.40. The predicted octanol–water partition coefficient (Wildman–Crippen LogP) is 5.38. The molecule has 3 rings (SSSR count). The van der Waals surface area contributed by atoms with E-state index in [4.69, 9.17) is 16.3 Å². The Kier molecular flexibility index (Phi) is 5.98. The number of likely N-dealkylation sites (tertiary alicyclic amines) is 1. The van der Waals surface area contributed by atoms with Crippen molar-refractivity contribution in [2.45, 2.75) is 25.2 Å². The molecule has 2 aromatic carbocycles. The number of carbonyl (C=O) groups is 1. The van der Waals surface area contributed by atoms with Gasteiger partial charge < -0.3 is 4.74 Å². The minimum atomic E-state index is -0.748. The maximum absolute atomic E-state index is 14.1. The fraction of sp³-hybridized carbons (Fsp3) is 0.318. The summed E-state index contributed by atoms with van der Waals surface area (Å²) in [5, 5.41) is 0.608. The van der Waals surface area contributed by atoms with Gasteiger partial charge in [0.2, 0.25) is 0 Å². The van der Waals surface area contributed by atoms with Crippen molar-refractivity contribution in [3.8, 4) is 11.5 Å². The summed E-state index contributed by atoms with van der Waals surface area (Å²) >= 11 is 5.93. The Morgan fingerprint density at radius 3 is 2.52 bits per heavy atom. The molecular weight excluding hydrogens is 365 g/mol. The molecule has 1 saturated heterocycles. The number of halogens is 2. The molecule has 142 valence electrons. The number of piperidine rings is 1. The van der Waals surface area contributed by atoms with E-state index >= 15 is 0 Å². The van der Waals surface area contributed by atoms with Crippen LogP contribution in [-0.2, 0) is 10.2 Å². The summed E-state index contributed by atoms with van der Waals surface area (Å²) in [5.74, 6) is 0.760. The average molecular weight is 388 g/mol. The number of Topliss-reactive ketones (excluding diaryl/α,β-unsaturated/α-hetero) is 1. The van der Waals surface area contributed by atoms with Crippen LogP contribution in [-0.4, -0.2) is 30.3 Å². The van der Waals surface area contributed by atoms with Crippen molar-refractivity contribution < 1.29 is 13.9 Å². The van der Waals surface area contributed by atoms with Crippen LogP contribution >= 0.6 is 11.6 Å².